The molecule has 0 spiro atoms. The summed E-state index contributed by atoms with van der Waals surface area (Å²) in [6.07, 6.45) is 2.78. The second kappa shape index (κ2) is 6.53. The predicted molar refractivity (Wildman–Crippen MR) is 76.7 cm³/mol. The topological polar surface area (TPSA) is 12.0 Å². The summed E-state index contributed by atoms with van der Waals surface area (Å²) in [5.41, 5.74) is 0.982. The highest BCUT2D eigenvalue weighted by Gasteiger charge is 2.22. The summed E-state index contributed by atoms with van der Waals surface area (Å²) in [6.45, 7) is 6.66. The van der Waals surface area contributed by atoms with E-state index >= 15 is 0 Å². The van der Waals surface area contributed by atoms with Gasteiger partial charge in [-0.25, -0.2) is 4.39 Å². The second-order valence-electron chi connectivity index (χ2n) is 5.84. The molecule has 1 nitrogen and oxygen atoms in total. The number of nitrogens with one attached hydrogen (secondary N) is 1. The minimum Gasteiger partial charge on any atom is -0.316 e. The Morgan fingerprint density at radius 1 is 1.33 bits per heavy atom. The lowest BCUT2D eigenvalue weighted by Gasteiger charge is -2.30. The highest BCUT2D eigenvalue weighted by molar-refractivity contribution is 6.30. The van der Waals surface area contributed by atoms with Crippen LogP contribution in [0.15, 0.2) is 18.2 Å². The Balaban J connectivity index is 2.51. The van der Waals surface area contributed by atoms with Crippen LogP contribution in [0.5, 0.6) is 0 Å². The summed E-state index contributed by atoms with van der Waals surface area (Å²) in [5, 5.41) is 3.79. The average molecular weight is 272 g/mol. The van der Waals surface area contributed by atoms with Crippen LogP contribution in [0, 0.1) is 11.2 Å². The van der Waals surface area contributed by atoms with Crippen molar-refractivity contribution in [1.82, 2.24) is 5.32 Å². The summed E-state index contributed by atoms with van der Waals surface area (Å²) >= 11 is 5.73. The van der Waals surface area contributed by atoms with Crippen molar-refractivity contribution in [3.63, 3.8) is 0 Å². The Bertz CT molecular complexity index is 385. The molecule has 0 aliphatic carbocycles. The summed E-state index contributed by atoms with van der Waals surface area (Å²) in [4.78, 5) is 0. The molecule has 0 radical (unpaired) electrons. The minimum atomic E-state index is -0.195. The molecule has 0 saturated carbocycles. The first-order valence-corrected chi connectivity index (χ1v) is 6.83. The van der Waals surface area contributed by atoms with E-state index in [1.54, 1.807) is 12.1 Å². The molecule has 0 bridgehead atoms. The van der Waals surface area contributed by atoms with Gasteiger partial charge in [0, 0.05) is 11.1 Å². The van der Waals surface area contributed by atoms with E-state index in [1.807, 2.05) is 7.05 Å². The monoisotopic (exact) mass is 271 g/mol. The van der Waals surface area contributed by atoms with Crippen LogP contribution in [0.25, 0.3) is 0 Å². The molecule has 1 unspecified atom stereocenters. The molecule has 3 heteroatoms. The minimum absolute atomic E-state index is 0.195. The summed E-state index contributed by atoms with van der Waals surface area (Å²) in [5.74, 6) is -0.195. The number of hydrogen-bond acceptors (Lipinski definition) is 1. The zero-order chi connectivity index (χ0) is 13.8. The fourth-order valence-corrected chi connectivity index (χ4v) is 2.39. The van der Waals surface area contributed by atoms with E-state index in [1.165, 1.54) is 6.07 Å². The first kappa shape index (κ1) is 15.5. The first-order valence-electron chi connectivity index (χ1n) is 6.46. The van der Waals surface area contributed by atoms with Gasteiger partial charge in [0.15, 0.2) is 0 Å². The molecule has 1 atom stereocenters. The maximum atomic E-state index is 13.6. The molecule has 0 aliphatic heterocycles. The molecule has 1 N–H and O–H groups in total. The maximum absolute atomic E-state index is 13.6. The predicted octanol–water partition coefficient (Wildman–Crippen LogP) is 4.44. The lowest BCUT2D eigenvalue weighted by Crippen LogP contribution is -2.37. The van der Waals surface area contributed by atoms with Crippen molar-refractivity contribution >= 4 is 11.6 Å². The molecule has 1 rings (SSSR count). The third kappa shape index (κ3) is 4.58. The summed E-state index contributed by atoms with van der Waals surface area (Å²) in [7, 11) is 1.98. The van der Waals surface area contributed by atoms with Gasteiger partial charge in [0.1, 0.15) is 5.82 Å². The van der Waals surface area contributed by atoms with Crippen molar-refractivity contribution in [2.24, 2.45) is 5.41 Å². The van der Waals surface area contributed by atoms with Crippen LogP contribution in [0.4, 0.5) is 4.39 Å². The molecule has 0 amide bonds. The highest BCUT2D eigenvalue weighted by atomic mass is 35.5. The Morgan fingerprint density at radius 2 is 2.00 bits per heavy atom. The number of rotatable bonds is 5. The van der Waals surface area contributed by atoms with Crippen molar-refractivity contribution in [1.29, 1.82) is 0 Å². The van der Waals surface area contributed by atoms with E-state index in [0.29, 0.717) is 11.1 Å². The van der Waals surface area contributed by atoms with Crippen LogP contribution >= 0.6 is 11.6 Å². The van der Waals surface area contributed by atoms with Gasteiger partial charge in [-0.15, -0.1) is 0 Å². The molecular weight excluding hydrogens is 249 g/mol. The Labute approximate surface area is 115 Å². The van der Waals surface area contributed by atoms with E-state index in [2.05, 4.69) is 26.1 Å². The van der Waals surface area contributed by atoms with Crippen molar-refractivity contribution in [2.45, 2.75) is 46.1 Å². The largest absolute Gasteiger partial charge is 0.316 e. The highest BCUT2D eigenvalue weighted by Crippen LogP contribution is 2.24. The Hall–Kier alpha value is -0.600. The molecule has 0 heterocycles. The summed E-state index contributed by atoms with van der Waals surface area (Å²) < 4.78 is 13.6. The smallest absolute Gasteiger partial charge is 0.127 e. The molecule has 0 fully saturated rings. The van der Waals surface area contributed by atoms with E-state index in [9.17, 15) is 4.39 Å². The maximum Gasteiger partial charge on any atom is 0.127 e. The molecule has 0 aromatic heterocycles. The molecule has 102 valence electrons. The van der Waals surface area contributed by atoms with Crippen LogP contribution in [0.1, 0.15) is 39.2 Å². The Kier molecular flexibility index (Phi) is 5.61. The van der Waals surface area contributed by atoms with Crippen LogP contribution in [-0.2, 0) is 6.42 Å². The van der Waals surface area contributed by atoms with Gasteiger partial charge < -0.3 is 5.32 Å². The SMILES string of the molecule is CNC(CCCc1ccc(Cl)cc1F)C(C)(C)C. The van der Waals surface area contributed by atoms with Gasteiger partial charge in [-0.3, -0.25) is 0 Å². The van der Waals surface area contributed by atoms with E-state index < -0.39 is 0 Å². The van der Waals surface area contributed by atoms with Gasteiger partial charge in [-0.2, -0.15) is 0 Å². The summed E-state index contributed by atoms with van der Waals surface area (Å²) in [6, 6.07) is 5.37. The second-order valence-corrected chi connectivity index (χ2v) is 6.27. The van der Waals surface area contributed by atoms with Gasteiger partial charge in [0.2, 0.25) is 0 Å². The van der Waals surface area contributed by atoms with E-state index in [-0.39, 0.29) is 11.2 Å². The van der Waals surface area contributed by atoms with E-state index in [0.717, 1.165) is 24.8 Å². The fraction of sp³-hybridized carbons (Fsp3) is 0.600. The van der Waals surface area contributed by atoms with Crippen LogP contribution < -0.4 is 5.32 Å². The van der Waals surface area contributed by atoms with Crippen LogP contribution in [-0.4, -0.2) is 13.1 Å². The van der Waals surface area contributed by atoms with Crippen molar-refractivity contribution < 1.29 is 4.39 Å². The van der Waals surface area contributed by atoms with Crippen molar-refractivity contribution in [3.8, 4) is 0 Å². The molecule has 1 aromatic carbocycles. The van der Waals surface area contributed by atoms with Gasteiger partial charge >= 0.3 is 0 Å². The van der Waals surface area contributed by atoms with Gasteiger partial charge in [-0.05, 0) is 49.4 Å². The van der Waals surface area contributed by atoms with Gasteiger partial charge in [0.05, 0.1) is 0 Å². The lowest BCUT2D eigenvalue weighted by atomic mass is 9.83. The molecule has 0 saturated heterocycles. The van der Waals surface area contributed by atoms with Crippen LogP contribution in [0.3, 0.4) is 0 Å². The van der Waals surface area contributed by atoms with Crippen molar-refractivity contribution in [2.75, 3.05) is 7.05 Å². The molecule has 18 heavy (non-hydrogen) atoms. The lowest BCUT2D eigenvalue weighted by molar-refractivity contribution is 0.263. The fourth-order valence-electron chi connectivity index (χ4n) is 2.23. The zero-order valence-electron chi connectivity index (χ0n) is 11.7. The molecule has 0 aliphatic rings. The van der Waals surface area contributed by atoms with Gasteiger partial charge in [0.25, 0.3) is 0 Å². The number of aryl methyl sites for hydroxylation is 1. The van der Waals surface area contributed by atoms with Crippen LogP contribution in [0.2, 0.25) is 5.02 Å². The number of benzene rings is 1. The van der Waals surface area contributed by atoms with Gasteiger partial charge in [-0.1, -0.05) is 38.4 Å². The zero-order valence-corrected chi connectivity index (χ0v) is 12.4. The molecule has 1 aromatic rings. The normalized spacial score (nSPS) is 13.7. The third-order valence-electron chi connectivity index (χ3n) is 3.35. The third-order valence-corrected chi connectivity index (χ3v) is 3.58. The van der Waals surface area contributed by atoms with Crippen molar-refractivity contribution in [3.05, 3.63) is 34.6 Å². The number of hydrogen-bond donors (Lipinski definition) is 1. The first-order chi connectivity index (χ1) is 8.34. The number of halogens is 2. The quantitative estimate of drug-likeness (QED) is 0.835. The average Bonchev–Trinajstić information content (AvgIpc) is 2.25. The molecular formula is C15H23ClFN. The van der Waals surface area contributed by atoms with E-state index in [4.69, 9.17) is 11.6 Å². The standard InChI is InChI=1S/C15H23ClFN/c1-15(2,3)14(18-4)7-5-6-11-8-9-12(16)10-13(11)17/h8-10,14,18H,5-7H2,1-4H3. The Morgan fingerprint density at radius 3 is 2.50 bits per heavy atom.